The predicted octanol–water partition coefficient (Wildman–Crippen LogP) is 2.63. The first-order chi connectivity index (χ1) is 10.7. The number of esters is 1. The molecule has 0 aliphatic rings. The summed E-state index contributed by atoms with van der Waals surface area (Å²) >= 11 is 0. The second-order valence-corrected chi connectivity index (χ2v) is 4.90. The van der Waals surface area contributed by atoms with Crippen molar-refractivity contribution in [3.05, 3.63) is 71.8 Å². The fourth-order valence-electron chi connectivity index (χ4n) is 2.26. The summed E-state index contributed by atoms with van der Waals surface area (Å²) in [6, 6.07) is 20.1. The summed E-state index contributed by atoms with van der Waals surface area (Å²) in [6.45, 7) is 0. The molecule has 2 atom stereocenters. The molecule has 0 aromatic heterocycles. The number of benzene rings is 2. The molecule has 0 saturated heterocycles. The van der Waals surface area contributed by atoms with Gasteiger partial charge < -0.3 is 4.74 Å². The number of hydrogen-bond donors (Lipinski definition) is 1. The van der Waals surface area contributed by atoms with Crippen molar-refractivity contribution in [2.45, 2.75) is 18.5 Å². The monoisotopic (exact) mass is 294 g/mol. The molecule has 0 heterocycles. The highest BCUT2D eigenvalue weighted by Crippen LogP contribution is 2.14. The van der Waals surface area contributed by atoms with Crippen molar-refractivity contribution in [2.75, 3.05) is 7.11 Å². The van der Waals surface area contributed by atoms with Crippen molar-refractivity contribution in [2.24, 2.45) is 0 Å². The van der Waals surface area contributed by atoms with Crippen LogP contribution in [0.4, 0.5) is 0 Å². The van der Waals surface area contributed by atoms with Crippen molar-refractivity contribution in [1.29, 1.82) is 5.26 Å². The zero-order valence-electron chi connectivity index (χ0n) is 12.4. The lowest BCUT2D eigenvalue weighted by atomic mass is 10.0. The molecular weight excluding hydrogens is 276 g/mol. The Hall–Kier alpha value is -2.64. The SMILES string of the molecule is COC(=O)[C@H](Cc1ccccc1)N[C@@H](C#N)c1ccccc1. The number of carbonyl (C=O) groups is 1. The van der Waals surface area contributed by atoms with Crippen molar-refractivity contribution in [1.82, 2.24) is 5.32 Å². The molecule has 2 aromatic carbocycles. The predicted molar refractivity (Wildman–Crippen MR) is 83.9 cm³/mol. The molecule has 0 aliphatic heterocycles. The minimum Gasteiger partial charge on any atom is -0.468 e. The summed E-state index contributed by atoms with van der Waals surface area (Å²) in [5.74, 6) is -0.375. The lowest BCUT2D eigenvalue weighted by Gasteiger charge is -2.20. The Labute approximate surface area is 130 Å². The van der Waals surface area contributed by atoms with E-state index < -0.39 is 12.1 Å². The lowest BCUT2D eigenvalue weighted by Crippen LogP contribution is -2.41. The zero-order chi connectivity index (χ0) is 15.8. The molecule has 2 aromatic rings. The van der Waals surface area contributed by atoms with Crippen LogP contribution in [0.15, 0.2) is 60.7 Å². The largest absolute Gasteiger partial charge is 0.468 e. The smallest absolute Gasteiger partial charge is 0.323 e. The summed E-state index contributed by atoms with van der Waals surface area (Å²) in [4.78, 5) is 12.0. The van der Waals surface area contributed by atoms with Gasteiger partial charge >= 0.3 is 5.97 Å². The normalized spacial score (nSPS) is 12.9. The highest BCUT2D eigenvalue weighted by molar-refractivity contribution is 5.76. The second kappa shape index (κ2) is 7.96. The van der Waals surface area contributed by atoms with Crippen molar-refractivity contribution >= 4 is 5.97 Å². The standard InChI is InChI=1S/C18H18N2O2/c1-22-18(21)16(12-14-8-4-2-5-9-14)20-17(13-19)15-10-6-3-7-11-15/h2-11,16-17,20H,12H2,1H3/t16-,17-/m0/s1. The van der Waals surface area contributed by atoms with Crippen LogP contribution in [0.3, 0.4) is 0 Å². The van der Waals surface area contributed by atoms with E-state index in [1.54, 1.807) is 0 Å². The Morgan fingerprint density at radius 3 is 2.27 bits per heavy atom. The van der Waals surface area contributed by atoms with Crippen LogP contribution in [-0.4, -0.2) is 19.1 Å². The van der Waals surface area contributed by atoms with E-state index in [0.717, 1.165) is 11.1 Å². The maximum atomic E-state index is 12.0. The van der Waals surface area contributed by atoms with Gasteiger partial charge in [0.25, 0.3) is 0 Å². The molecule has 0 unspecified atom stereocenters. The number of carbonyl (C=O) groups excluding carboxylic acids is 1. The molecule has 1 N–H and O–H groups in total. The molecule has 4 nitrogen and oxygen atoms in total. The van der Waals surface area contributed by atoms with E-state index in [2.05, 4.69) is 11.4 Å². The minimum absolute atomic E-state index is 0.375. The van der Waals surface area contributed by atoms with E-state index in [1.165, 1.54) is 7.11 Å². The molecule has 0 aliphatic carbocycles. The summed E-state index contributed by atoms with van der Waals surface area (Å²) < 4.78 is 4.85. The van der Waals surface area contributed by atoms with Crippen molar-refractivity contribution in [3.63, 3.8) is 0 Å². The molecule has 4 heteroatoms. The summed E-state index contributed by atoms with van der Waals surface area (Å²) in [7, 11) is 1.35. The van der Waals surface area contributed by atoms with E-state index in [1.807, 2.05) is 60.7 Å². The first kappa shape index (κ1) is 15.7. The molecule has 0 fully saturated rings. The maximum absolute atomic E-state index is 12.0. The second-order valence-electron chi connectivity index (χ2n) is 4.90. The third-order valence-corrected chi connectivity index (χ3v) is 3.40. The van der Waals surface area contributed by atoms with Crippen molar-refractivity contribution in [3.8, 4) is 6.07 Å². The van der Waals surface area contributed by atoms with Gasteiger partial charge in [-0.1, -0.05) is 60.7 Å². The molecule has 0 spiro atoms. The summed E-state index contributed by atoms with van der Waals surface area (Å²) in [5, 5.41) is 12.5. The maximum Gasteiger partial charge on any atom is 0.323 e. The number of ether oxygens (including phenoxy) is 1. The van der Waals surface area contributed by atoms with Gasteiger partial charge in [-0.05, 0) is 17.5 Å². The molecule has 2 rings (SSSR count). The van der Waals surface area contributed by atoms with Gasteiger partial charge in [-0.25, -0.2) is 0 Å². The Bertz CT molecular complexity index is 635. The minimum atomic E-state index is -0.572. The molecular formula is C18H18N2O2. The average Bonchev–Trinajstić information content (AvgIpc) is 2.59. The molecule has 112 valence electrons. The van der Waals surface area contributed by atoms with E-state index >= 15 is 0 Å². The summed E-state index contributed by atoms with van der Waals surface area (Å²) in [5.41, 5.74) is 1.84. The van der Waals surface area contributed by atoms with E-state index in [-0.39, 0.29) is 5.97 Å². The molecule has 0 saturated carbocycles. The summed E-state index contributed by atoms with van der Waals surface area (Å²) in [6.07, 6.45) is 0.471. The fraction of sp³-hybridized carbons (Fsp3) is 0.222. The topological polar surface area (TPSA) is 62.1 Å². The highest BCUT2D eigenvalue weighted by atomic mass is 16.5. The lowest BCUT2D eigenvalue weighted by molar-refractivity contribution is -0.143. The van der Waals surface area contributed by atoms with Gasteiger partial charge in [0.2, 0.25) is 0 Å². The fourth-order valence-corrected chi connectivity index (χ4v) is 2.26. The van der Waals surface area contributed by atoms with Crippen LogP contribution in [0.2, 0.25) is 0 Å². The Morgan fingerprint density at radius 2 is 1.73 bits per heavy atom. The van der Waals surface area contributed by atoms with Gasteiger partial charge in [-0.3, -0.25) is 10.1 Å². The third-order valence-electron chi connectivity index (χ3n) is 3.40. The number of nitrogens with zero attached hydrogens (tertiary/aromatic N) is 1. The highest BCUT2D eigenvalue weighted by Gasteiger charge is 2.23. The van der Waals surface area contributed by atoms with Gasteiger partial charge in [-0.2, -0.15) is 5.26 Å². The van der Waals surface area contributed by atoms with Crippen LogP contribution in [0.1, 0.15) is 17.2 Å². The third kappa shape index (κ3) is 4.18. The van der Waals surface area contributed by atoms with Gasteiger partial charge in [-0.15, -0.1) is 0 Å². The number of hydrogen-bond acceptors (Lipinski definition) is 4. The van der Waals surface area contributed by atoms with E-state index in [4.69, 9.17) is 4.74 Å². The quantitative estimate of drug-likeness (QED) is 0.832. The van der Waals surface area contributed by atoms with E-state index in [9.17, 15) is 10.1 Å². The number of methoxy groups -OCH3 is 1. The molecule has 0 bridgehead atoms. The van der Waals surface area contributed by atoms with Crippen LogP contribution in [0, 0.1) is 11.3 Å². The van der Waals surface area contributed by atoms with Crippen LogP contribution >= 0.6 is 0 Å². The van der Waals surface area contributed by atoms with Gasteiger partial charge in [0, 0.05) is 0 Å². The van der Waals surface area contributed by atoms with Gasteiger partial charge in [0.15, 0.2) is 0 Å². The molecule has 0 amide bonds. The first-order valence-electron chi connectivity index (χ1n) is 7.07. The van der Waals surface area contributed by atoms with Crippen LogP contribution in [-0.2, 0) is 16.0 Å². The van der Waals surface area contributed by atoms with Crippen LogP contribution in [0.25, 0.3) is 0 Å². The number of nitrogens with one attached hydrogen (secondary N) is 1. The average molecular weight is 294 g/mol. The number of rotatable bonds is 6. The van der Waals surface area contributed by atoms with Gasteiger partial charge in [0.1, 0.15) is 12.1 Å². The van der Waals surface area contributed by atoms with E-state index in [0.29, 0.717) is 6.42 Å². The Balaban J connectivity index is 2.16. The Morgan fingerprint density at radius 1 is 1.14 bits per heavy atom. The zero-order valence-corrected chi connectivity index (χ0v) is 12.4. The Kier molecular flexibility index (Phi) is 5.70. The number of nitriles is 1. The van der Waals surface area contributed by atoms with Gasteiger partial charge in [0.05, 0.1) is 13.2 Å². The molecule has 0 radical (unpaired) electrons. The van der Waals surface area contributed by atoms with Crippen LogP contribution in [0.5, 0.6) is 0 Å². The molecule has 22 heavy (non-hydrogen) atoms. The van der Waals surface area contributed by atoms with Crippen LogP contribution < -0.4 is 5.32 Å². The first-order valence-corrected chi connectivity index (χ1v) is 7.07. The van der Waals surface area contributed by atoms with Crippen molar-refractivity contribution < 1.29 is 9.53 Å².